The van der Waals surface area contributed by atoms with Crippen LogP contribution in [0.3, 0.4) is 0 Å². The van der Waals surface area contributed by atoms with Crippen LogP contribution in [0.5, 0.6) is 0 Å². The Balaban J connectivity index is 2.08. The van der Waals surface area contributed by atoms with E-state index in [1.807, 2.05) is 31.2 Å². The number of amides is 1. The van der Waals surface area contributed by atoms with Gasteiger partial charge in [-0.2, -0.15) is 0 Å². The zero-order valence-corrected chi connectivity index (χ0v) is 11.4. The molecule has 19 heavy (non-hydrogen) atoms. The minimum Gasteiger partial charge on any atom is -0.388 e. The first kappa shape index (κ1) is 13.9. The smallest absolute Gasteiger partial charge is 0.221 e. The second-order valence-electron chi connectivity index (χ2n) is 4.91. The fourth-order valence-corrected chi connectivity index (χ4v) is 2.56. The summed E-state index contributed by atoms with van der Waals surface area (Å²) in [7, 11) is 0. The molecule has 1 heterocycles. The fourth-order valence-electron chi connectivity index (χ4n) is 2.56. The van der Waals surface area contributed by atoms with Gasteiger partial charge in [0.05, 0.1) is 6.10 Å². The molecule has 1 atom stereocenters. The number of carbonyl (C=O) groups is 1. The normalized spacial score (nSPS) is 18.6. The third kappa shape index (κ3) is 3.47. The van der Waals surface area contributed by atoms with Crippen LogP contribution in [0.1, 0.15) is 37.9 Å². The van der Waals surface area contributed by atoms with Gasteiger partial charge in [0.25, 0.3) is 0 Å². The molecular weight excluding hydrogens is 240 g/mol. The van der Waals surface area contributed by atoms with Gasteiger partial charge in [-0.05, 0) is 25.8 Å². The number of carbonyl (C=O) groups excluding carboxylic acids is 1. The van der Waals surface area contributed by atoms with E-state index >= 15 is 0 Å². The molecule has 0 fully saturated rings. The Labute approximate surface area is 114 Å². The van der Waals surface area contributed by atoms with E-state index in [-0.39, 0.29) is 12.0 Å². The molecule has 4 nitrogen and oxygen atoms in total. The van der Waals surface area contributed by atoms with E-state index in [2.05, 4.69) is 10.2 Å². The van der Waals surface area contributed by atoms with E-state index in [0.29, 0.717) is 19.5 Å². The van der Waals surface area contributed by atoms with Gasteiger partial charge in [0.2, 0.25) is 5.91 Å². The maximum atomic E-state index is 11.6. The first-order valence-electron chi connectivity index (χ1n) is 7.01. The molecule has 2 rings (SSSR count). The summed E-state index contributed by atoms with van der Waals surface area (Å²) in [6, 6.07) is 7.94. The first-order valence-corrected chi connectivity index (χ1v) is 7.01. The highest BCUT2D eigenvalue weighted by atomic mass is 16.3. The highest BCUT2D eigenvalue weighted by molar-refractivity contribution is 5.76. The number of hydrogen-bond acceptors (Lipinski definition) is 3. The van der Waals surface area contributed by atoms with Crippen molar-refractivity contribution in [2.24, 2.45) is 0 Å². The Hall–Kier alpha value is -1.55. The van der Waals surface area contributed by atoms with Gasteiger partial charge >= 0.3 is 0 Å². The molecule has 1 aromatic carbocycles. The number of benzene rings is 1. The van der Waals surface area contributed by atoms with E-state index in [4.69, 9.17) is 0 Å². The van der Waals surface area contributed by atoms with E-state index in [1.54, 1.807) is 0 Å². The molecule has 0 radical (unpaired) electrons. The van der Waals surface area contributed by atoms with Gasteiger partial charge in [0.1, 0.15) is 0 Å². The Morgan fingerprint density at radius 2 is 2.26 bits per heavy atom. The van der Waals surface area contributed by atoms with E-state index in [0.717, 1.165) is 30.6 Å². The van der Waals surface area contributed by atoms with Crippen molar-refractivity contribution < 1.29 is 9.90 Å². The quantitative estimate of drug-likeness (QED) is 0.870. The number of nitrogens with zero attached hydrogens (tertiary/aromatic N) is 1. The molecule has 0 aromatic heterocycles. The van der Waals surface area contributed by atoms with E-state index in [9.17, 15) is 9.90 Å². The van der Waals surface area contributed by atoms with Crippen LogP contribution >= 0.6 is 0 Å². The topological polar surface area (TPSA) is 52.6 Å². The highest BCUT2D eigenvalue weighted by Gasteiger charge is 2.20. The lowest BCUT2D eigenvalue weighted by atomic mass is 10.0. The average Bonchev–Trinajstić information content (AvgIpc) is 2.57. The monoisotopic (exact) mass is 262 g/mol. The van der Waals surface area contributed by atoms with Crippen molar-refractivity contribution >= 4 is 11.6 Å². The first-order chi connectivity index (χ1) is 9.22. The number of aliphatic hydroxyl groups is 1. The van der Waals surface area contributed by atoms with Gasteiger partial charge in [0.15, 0.2) is 0 Å². The number of anilines is 1. The largest absolute Gasteiger partial charge is 0.388 e. The molecule has 1 aromatic rings. The minimum atomic E-state index is -0.384. The van der Waals surface area contributed by atoms with Gasteiger partial charge in [-0.3, -0.25) is 4.79 Å². The number of para-hydroxylation sites is 1. The Morgan fingerprint density at radius 1 is 1.47 bits per heavy atom. The predicted octanol–water partition coefficient (Wildman–Crippen LogP) is 1.85. The zero-order chi connectivity index (χ0) is 13.7. The van der Waals surface area contributed by atoms with Gasteiger partial charge in [-0.15, -0.1) is 0 Å². The third-order valence-electron chi connectivity index (χ3n) is 3.52. The van der Waals surface area contributed by atoms with Crippen LogP contribution in [0.15, 0.2) is 24.3 Å². The molecule has 4 heteroatoms. The van der Waals surface area contributed by atoms with Crippen molar-refractivity contribution in [3.8, 4) is 0 Å². The molecule has 0 saturated carbocycles. The molecule has 1 amide bonds. The SMILES string of the molecule is CCNC(=O)CCN1CCCC(O)c2ccccc21. The maximum Gasteiger partial charge on any atom is 0.221 e. The minimum absolute atomic E-state index is 0.0878. The van der Waals surface area contributed by atoms with E-state index in [1.165, 1.54) is 0 Å². The maximum absolute atomic E-state index is 11.6. The summed E-state index contributed by atoms with van der Waals surface area (Å²) in [5.74, 6) is 0.0878. The average molecular weight is 262 g/mol. The van der Waals surface area contributed by atoms with Gasteiger partial charge in [-0.1, -0.05) is 18.2 Å². The summed E-state index contributed by atoms with van der Waals surface area (Å²) in [6.45, 7) is 4.20. The molecule has 1 aliphatic rings. The lowest BCUT2D eigenvalue weighted by Crippen LogP contribution is -2.31. The Bertz CT molecular complexity index is 434. The molecule has 0 saturated heterocycles. The van der Waals surface area contributed by atoms with E-state index < -0.39 is 0 Å². The van der Waals surface area contributed by atoms with Crippen LogP contribution in [-0.2, 0) is 4.79 Å². The molecule has 0 aliphatic carbocycles. The summed E-state index contributed by atoms with van der Waals surface area (Å²) in [5.41, 5.74) is 2.05. The van der Waals surface area contributed by atoms with Crippen LogP contribution in [0.4, 0.5) is 5.69 Å². The predicted molar refractivity (Wildman–Crippen MR) is 76.1 cm³/mol. The molecule has 0 bridgehead atoms. The Morgan fingerprint density at radius 3 is 3.05 bits per heavy atom. The van der Waals surface area contributed by atoms with Crippen molar-refractivity contribution in [3.63, 3.8) is 0 Å². The molecular formula is C15H22N2O2. The van der Waals surface area contributed by atoms with Gasteiger partial charge < -0.3 is 15.3 Å². The van der Waals surface area contributed by atoms with Gasteiger partial charge in [0, 0.05) is 37.3 Å². The summed E-state index contributed by atoms with van der Waals surface area (Å²) in [4.78, 5) is 13.8. The summed E-state index contributed by atoms with van der Waals surface area (Å²) >= 11 is 0. The number of fused-ring (bicyclic) bond motifs is 1. The second kappa shape index (κ2) is 6.57. The zero-order valence-electron chi connectivity index (χ0n) is 11.4. The van der Waals surface area contributed by atoms with Crippen molar-refractivity contribution in [1.82, 2.24) is 5.32 Å². The van der Waals surface area contributed by atoms with Crippen LogP contribution in [0.2, 0.25) is 0 Å². The van der Waals surface area contributed by atoms with Crippen molar-refractivity contribution in [1.29, 1.82) is 0 Å². The van der Waals surface area contributed by atoms with Crippen LogP contribution < -0.4 is 10.2 Å². The number of hydrogen-bond donors (Lipinski definition) is 2. The molecule has 1 aliphatic heterocycles. The van der Waals surface area contributed by atoms with Gasteiger partial charge in [-0.25, -0.2) is 0 Å². The molecule has 104 valence electrons. The third-order valence-corrected chi connectivity index (χ3v) is 3.52. The lowest BCUT2D eigenvalue weighted by Gasteiger charge is -2.25. The standard InChI is InChI=1S/C15H22N2O2/c1-2-16-15(19)9-11-17-10-5-8-14(18)12-6-3-4-7-13(12)17/h3-4,6-7,14,18H,2,5,8-11H2,1H3,(H,16,19). The number of aliphatic hydroxyl groups excluding tert-OH is 1. The summed E-state index contributed by atoms with van der Waals surface area (Å²) < 4.78 is 0. The molecule has 1 unspecified atom stereocenters. The second-order valence-corrected chi connectivity index (χ2v) is 4.91. The Kier molecular flexibility index (Phi) is 4.80. The lowest BCUT2D eigenvalue weighted by molar-refractivity contribution is -0.120. The highest BCUT2D eigenvalue weighted by Crippen LogP contribution is 2.32. The van der Waals surface area contributed by atoms with Crippen molar-refractivity contribution in [2.75, 3.05) is 24.5 Å². The summed E-state index contributed by atoms with van der Waals surface area (Å²) in [6.07, 6.45) is 1.85. The molecule has 2 N–H and O–H groups in total. The number of rotatable bonds is 4. The summed E-state index contributed by atoms with van der Waals surface area (Å²) in [5, 5.41) is 12.9. The van der Waals surface area contributed by atoms with Crippen LogP contribution in [0, 0.1) is 0 Å². The number of nitrogens with one attached hydrogen (secondary N) is 1. The molecule has 0 spiro atoms. The fraction of sp³-hybridized carbons (Fsp3) is 0.533. The van der Waals surface area contributed by atoms with Crippen LogP contribution in [-0.4, -0.2) is 30.6 Å². The van der Waals surface area contributed by atoms with Crippen LogP contribution in [0.25, 0.3) is 0 Å². The van der Waals surface area contributed by atoms with Crippen molar-refractivity contribution in [3.05, 3.63) is 29.8 Å². The van der Waals surface area contributed by atoms with Crippen molar-refractivity contribution in [2.45, 2.75) is 32.3 Å².